The minimum atomic E-state index is 0.566. The lowest BCUT2D eigenvalue weighted by molar-refractivity contribution is 1.03. The molecule has 0 bridgehead atoms. The molecule has 0 amide bonds. The Morgan fingerprint density at radius 2 is 1.87 bits per heavy atom. The summed E-state index contributed by atoms with van der Waals surface area (Å²) < 4.78 is 3.37. The molecule has 1 N–H and O–H groups in total. The summed E-state index contributed by atoms with van der Waals surface area (Å²) in [5.74, 6) is 0. The average molecular weight is 399 g/mol. The number of hydrogen-bond acceptors (Lipinski definition) is 7. The third-order valence-corrected chi connectivity index (χ3v) is 9.98. The summed E-state index contributed by atoms with van der Waals surface area (Å²) in [7, 11) is 0. The van der Waals surface area contributed by atoms with Crippen molar-refractivity contribution in [3.8, 4) is 0 Å². The van der Waals surface area contributed by atoms with Gasteiger partial charge in [0.1, 0.15) is 0 Å². The largest absolute Gasteiger partial charge is 0.278 e. The zero-order valence-electron chi connectivity index (χ0n) is 12.9. The van der Waals surface area contributed by atoms with Crippen LogP contribution < -0.4 is 5.43 Å². The molecule has 7 heteroatoms. The number of thioether (sulfide) groups is 4. The third-order valence-electron chi connectivity index (χ3n) is 3.27. The van der Waals surface area contributed by atoms with Gasteiger partial charge in [-0.25, -0.2) is 0 Å². The van der Waals surface area contributed by atoms with Crippen LogP contribution in [0.5, 0.6) is 0 Å². The van der Waals surface area contributed by atoms with Gasteiger partial charge in [-0.1, -0.05) is 30.0 Å². The lowest BCUT2D eigenvalue weighted by Crippen LogP contribution is -2.08. The van der Waals surface area contributed by atoms with Crippen molar-refractivity contribution in [3.05, 3.63) is 42.5 Å². The van der Waals surface area contributed by atoms with E-state index < -0.39 is 0 Å². The van der Waals surface area contributed by atoms with Crippen LogP contribution in [0.2, 0.25) is 0 Å². The summed E-state index contributed by atoms with van der Waals surface area (Å²) in [5, 5.41) is 6.39. The minimum absolute atomic E-state index is 0.566. The van der Waals surface area contributed by atoms with Gasteiger partial charge in [0, 0.05) is 11.7 Å². The van der Waals surface area contributed by atoms with Crippen molar-refractivity contribution in [3.63, 3.8) is 0 Å². The number of anilines is 1. The van der Waals surface area contributed by atoms with Gasteiger partial charge >= 0.3 is 0 Å². The van der Waals surface area contributed by atoms with E-state index in [9.17, 15) is 0 Å². The topological polar surface area (TPSA) is 24.4 Å². The highest BCUT2D eigenvalue weighted by Gasteiger charge is 2.33. The van der Waals surface area contributed by atoms with Gasteiger partial charge in [0.25, 0.3) is 0 Å². The number of benzene rings is 1. The Morgan fingerprint density at radius 3 is 2.57 bits per heavy atom. The number of hydrogen-bond donors (Lipinski definition) is 1. The minimum Gasteiger partial charge on any atom is -0.278 e. The molecule has 1 aromatic heterocycles. The Morgan fingerprint density at radius 1 is 1.09 bits per heavy atom. The molecule has 23 heavy (non-hydrogen) atoms. The summed E-state index contributed by atoms with van der Waals surface area (Å²) in [5.41, 5.74) is 4.22. The summed E-state index contributed by atoms with van der Waals surface area (Å²) in [6, 6.07) is 14.6. The first-order valence-electron chi connectivity index (χ1n) is 7.16. The lowest BCUT2D eigenvalue weighted by atomic mass is 10.3. The average Bonchev–Trinajstić information content (AvgIpc) is 3.20. The second kappa shape index (κ2) is 8.76. The van der Waals surface area contributed by atoms with E-state index in [2.05, 4.69) is 35.2 Å². The Hall–Kier alpha value is -0.210. The number of hydrazone groups is 1. The molecule has 0 spiro atoms. The highest BCUT2D eigenvalue weighted by atomic mass is 32.2. The molecule has 2 heterocycles. The van der Waals surface area contributed by atoms with Crippen LogP contribution in [0.15, 0.2) is 56.0 Å². The van der Waals surface area contributed by atoms with Crippen LogP contribution in [0, 0.1) is 0 Å². The van der Waals surface area contributed by atoms with Crippen LogP contribution in [-0.2, 0) is 0 Å². The molecule has 2 atom stereocenters. The van der Waals surface area contributed by atoms with Gasteiger partial charge in [-0.15, -0.1) is 46.6 Å². The fourth-order valence-electron chi connectivity index (χ4n) is 2.16. The molecule has 0 aliphatic carbocycles. The molecular weight excluding hydrogens is 381 g/mol. The third kappa shape index (κ3) is 4.89. The Bertz CT molecular complexity index is 656. The van der Waals surface area contributed by atoms with Crippen molar-refractivity contribution >= 4 is 69.1 Å². The smallest absolute Gasteiger partial charge is 0.0958 e. The molecule has 1 aliphatic rings. The molecule has 122 valence electrons. The zero-order valence-corrected chi connectivity index (χ0v) is 17.0. The summed E-state index contributed by atoms with van der Waals surface area (Å²) >= 11 is 9.55. The van der Waals surface area contributed by atoms with Crippen molar-refractivity contribution in [1.82, 2.24) is 0 Å². The van der Waals surface area contributed by atoms with E-state index in [-0.39, 0.29) is 0 Å². The van der Waals surface area contributed by atoms with E-state index in [1.165, 1.54) is 13.5 Å². The molecule has 1 aromatic carbocycles. The first kappa shape index (κ1) is 17.6. The van der Waals surface area contributed by atoms with Gasteiger partial charge in [0.2, 0.25) is 0 Å². The maximum Gasteiger partial charge on any atom is 0.0958 e. The van der Waals surface area contributed by atoms with Gasteiger partial charge in [-0.2, -0.15) is 5.10 Å². The van der Waals surface area contributed by atoms with Crippen LogP contribution in [0.1, 0.15) is 6.42 Å². The monoisotopic (exact) mass is 398 g/mol. The number of para-hydroxylation sites is 1. The number of nitrogens with zero attached hydrogens (tertiary/aromatic N) is 1. The molecule has 1 saturated heterocycles. The van der Waals surface area contributed by atoms with Crippen molar-refractivity contribution < 1.29 is 0 Å². The Balaban J connectivity index is 1.63. The highest BCUT2D eigenvalue weighted by molar-refractivity contribution is 8.26. The second-order valence-electron chi connectivity index (χ2n) is 4.84. The first-order valence-corrected chi connectivity index (χ1v) is 12.2. The number of thiophene rings is 1. The Labute approximate surface area is 158 Å². The van der Waals surface area contributed by atoms with Gasteiger partial charge in [-0.05, 0) is 36.8 Å². The van der Waals surface area contributed by atoms with Crippen LogP contribution in [0.3, 0.4) is 0 Å². The van der Waals surface area contributed by atoms with Crippen molar-refractivity contribution in [2.75, 3.05) is 17.9 Å². The molecule has 0 radical (unpaired) electrons. The first-order chi connectivity index (χ1) is 11.3. The van der Waals surface area contributed by atoms with Crippen molar-refractivity contribution in [2.45, 2.75) is 24.7 Å². The number of rotatable bonds is 6. The molecule has 3 rings (SSSR count). The van der Waals surface area contributed by atoms with E-state index in [0.717, 1.165) is 12.1 Å². The summed E-state index contributed by atoms with van der Waals surface area (Å²) in [4.78, 5) is 0. The molecule has 0 saturated carbocycles. The van der Waals surface area contributed by atoms with Crippen LogP contribution in [-0.4, -0.2) is 27.4 Å². The molecule has 2 unspecified atom stereocenters. The van der Waals surface area contributed by atoms with E-state index in [1.54, 1.807) is 0 Å². The molecule has 1 aliphatic heterocycles. The zero-order chi connectivity index (χ0) is 16.1. The van der Waals surface area contributed by atoms with E-state index in [4.69, 9.17) is 0 Å². The van der Waals surface area contributed by atoms with Gasteiger partial charge < -0.3 is 0 Å². The van der Waals surface area contributed by atoms with Crippen LogP contribution in [0.4, 0.5) is 5.69 Å². The standard InChI is InChI=1S/C16H18N2S5/c1-19-14-8-9-15(23-14)21-12-10-13(22-16(12)20-2)18-17-11-6-4-3-5-7-11/h3-9,12,16-17H,10H2,1-2H3/b18-13-. The van der Waals surface area contributed by atoms with Crippen molar-refractivity contribution in [1.29, 1.82) is 0 Å². The van der Waals surface area contributed by atoms with Crippen molar-refractivity contribution in [2.24, 2.45) is 5.10 Å². The SMILES string of the molecule is CSc1ccc(SC2C/C(=N/Nc3ccccc3)SC2SC)s1. The maximum atomic E-state index is 4.61. The maximum absolute atomic E-state index is 4.61. The quantitative estimate of drug-likeness (QED) is 0.462. The van der Waals surface area contributed by atoms with E-state index in [0.29, 0.717) is 9.83 Å². The Kier molecular flexibility index (Phi) is 6.71. The predicted molar refractivity (Wildman–Crippen MR) is 113 cm³/mol. The molecule has 2 nitrogen and oxygen atoms in total. The lowest BCUT2D eigenvalue weighted by Gasteiger charge is -2.13. The normalized spacial score (nSPS) is 22.6. The van der Waals surface area contributed by atoms with E-state index in [1.807, 2.05) is 88.7 Å². The molecule has 2 aromatic rings. The highest BCUT2D eigenvalue weighted by Crippen LogP contribution is 2.46. The van der Waals surface area contributed by atoms with Crippen LogP contribution >= 0.6 is 58.4 Å². The number of nitrogens with one attached hydrogen (secondary N) is 1. The second-order valence-corrected chi connectivity index (χ2v) is 11.1. The predicted octanol–water partition coefficient (Wildman–Crippen LogP) is 6.18. The van der Waals surface area contributed by atoms with Crippen LogP contribution in [0.25, 0.3) is 0 Å². The molecule has 1 fully saturated rings. The fraction of sp³-hybridized carbons (Fsp3) is 0.312. The van der Waals surface area contributed by atoms with E-state index >= 15 is 0 Å². The molecular formula is C16H18N2S5. The van der Waals surface area contributed by atoms with Gasteiger partial charge in [0.05, 0.1) is 23.7 Å². The fourth-order valence-corrected chi connectivity index (χ4v) is 8.17. The summed E-state index contributed by atoms with van der Waals surface area (Å²) in [6.45, 7) is 0. The van der Waals surface area contributed by atoms with Gasteiger partial charge in [-0.3, -0.25) is 5.43 Å². The summed E-state index contributed by atoms with van der Waals surface area (Å²) in [6.07, 6.45) is 5.37. The van der Waals surface area contributed by atoms with Gasteiger partial charge in [0.15, 0.2) is 0 Å².